The SMILES string of the molecule is CCCCCCCCCCOc1ccccc1[NH+]=C(O)O[C@@H](C)CN1CCCCC1. The van der Waals surface area contributed by atoms with Crippen molar-refractivity contribution in [3.05, 3.63) is 24.3 Å². The van der Waals surface area contributed by atoms with Crippen molar-refractivity contribution in [1.82, 2.24) is 4.90 Å². The molecule has 0 bridgehead atoms. The van der Waals surface area contributed by atoms with Crippen LogP contribution in [0, 0.1) is 0 Å². The first-order valence-corrected chi connectivity index (χ1v) is 12.1. The van der Waals surface area contributed by atoms with Crippen LogP contribution in [-0.4, -0.2) is 48.4 Å². The Hall–Kier alpha value is -1.75. The quantitative estimate of drug-likeness (QED) is 0.260. The Balaban J connectivity index is 1.71. The monoisotopic (exact) mass is 419 g/mol. The van der Waals surface area contributed by atoms with Crippen molar-refractivity contribution in [2.75, 3.05) is 26.2 Å². The predicted octanol–water partition coefficient (Wildman–Crippen LogP) is 4.72. The molecule has 0 aliphatic carbocycles. The Bertz CT molecular complexity index is 600. The maximum atomic E-state index is 10.3. The highest BCUT2D eigenvalue weighted by Gasteiger charge is 2.18. The maximum Gasteiger partial charge on any atom is 0.551 e. The molecule has 0 unspecified atom stereocenters. The Labute approximate surface area is 183 Å². The normalized spacial score (nSPS) is 16.4. The van der Waals surface area contributed by atoms with Gasteiger partial charge in [-0.05, 0) is 45.3 Å². The highest BCUT2D eigenvalue weighted by molar-refractivity contribution is 5.60. The lowest BCUT2D eigenvalue weighted by Gasteiger charge is -2.28. The number of para-hydroxylation sites is 2. The molecule has 0 radical (unpaired) electrons. The average Bonchev–Trinajstić information content (AvgIpc) is 2.74. The Morgan fingerprint density at radius 1 is 1.00 bits per heavy atom. The van der Waals surface area contributed by atoms with Crippen LogP contribution in [0.1, 0.15) is 84.5 Å². The first kappa shape index (κ1) is 24.5. The van der Waals surface area contributed by atoms with Crippen LogP contribution in [0.2, 0.25) is 0 Å². The van der Waals surface area contributed by atoms with Gasteiger partial charge < -0.3 is 14.6 Å². The fourth-order valence-electron chi connectivity index (χ4n) is 3.99. The summed E-state index contributed by atoms with van der Waals surface area (Å²) in [5, 5.41) is 10.3. The summed E-state index contributed by atoms with van der Waals surface area (Å²) in [6.45, 7) is 8.03. The molecule has 1 aliphatic rings. The van der Waals surface area contributed by atoms with Crippen LogP contribution in [0.4, 0.5) is 5.69 Å². The molecule has 0 spiro atoms. The lowest BCUT2D eigenvalue weighted by atomic mass is 10.1. The van der Waals surface area contributed by atoms with Gasteiger partial charge in [0.1, 0.15) is 6.10 Å². The van der Waals surface area contributed by atoms with Gasteiger partial charge in [0, 0.05) is 12.6 Å². The van der Waals surface area contributed by atoms with Crippen molar-refractivity contribution in [2.24, 2.45) is 0 Å². The van der Waals surface area contributed by atoms with Gasteiger partial charge >= 0.3 is 6.08 Å². The van der Waals surface area contributed by atoms with Crippen molar-refractivity contribution in [1.29, 1.82) is 0 Å². The molecule has 1 saturated heterocycles. The molecule has 1 aromatic rings. The van der Waals surface area contributed by atoms with Gasteiger partial charge in [-0.25, -0.2) is 0 Å². The molecule has 170 valence electrons. The highest BCUT2D eigenvalue weighted by Crippen LogP contribution is 2.19. The molecule has 0 amide bonds. The fraction of sp³-hybridized carbons (Fsp3) is 0.720. The largest absolute Gasteiger partial charge is 0.551 e. The summed E-state index contributed by atoms with van der Waals surface area (Å²) in [5.74, 6) is 0.749. The minimum Gasteiger partial charge on any atom is -0.487 e. The van der Waals surface area contributed by atoms with Crippen LogP contribution in [-0.2, 0) is 4.74 Å². The number of unbranched alkanes of at least 4 members (excludes halogenated alkanes) is 7. The topological polar surface area (TPSA) is 55.9 Å². The number of likely N-dealkylation sites (tertiary alicyclic amines) is 1. The second-order valence-electron chi connectivity index (χ2n) is 8.54. The van der Waals surface area contributed by atoms with E-state index in [1.165, 1.54) is 64.2 Å². The third kappa shape index (κ3) is 10.3. The van der Waals surface area contributed by atoms with Crippen LogP contribution in [0.25, 0.3) is 0 Å². The van der Waals surface area contributed by atoms with Gasteiger partial charge in [0.25, 0.3) is 5.69 Å². The minimum atomic E-state index is -0.164. The van der Waals surface area contributed by atoms with Crippen molar-refractivity contribution in [2.45, 2.75) is 90.6 Å². The molecule has 0 aromatic heterocycles. The molecule has 1 heterocycles. The fourth-order valence-corrected chi connectivity index (χ4v) is 3.99. The van der Waals surface area contributed by atoms with E-state index in [4.69, 9.17) is 9.47 Å². The zero-order valence-corrected chi connectivity index (χ0v) is 19.2. The molecule has 1 atom stereocenters. The molecule has 1 aliphatic heterocycles. The van der Waals surface area contributed by atoms with Crippen molar-refractivity contribution in [3.8, 4) is 5.75 Å². The highest BCUT2D eigenvalue weighted by atomic mass is 16.6. The first-order valence-electron chi connectivity index (χ1n) is 12.1. The van der Waals surface area contributed by atoms with Gasteiger partial charge in [-0.1, -0.05) is 70.4 Å². The summed E-state index contributed by atoms with van der Waals surface area (Å²) in [6.07, 6.45) is 13.8. The molecular weight excluding hydrogens is 376 g/mol. The molecular formula is C25H43N2O3+. The number of aliphatic hydroxyl groups excluding tert-OH is 1. The lowest BCUT2D eigenvalue weighted by molar-refractivity contribution is -0.384. The van der Waals surface area contributed by atoms with Gasteiger partial charge in [0.05, 0.1) is 6.61 Å². The summed E-state index contributed by atoms with van der Waals surface area (Å²) in [5.41, 5.74) is 0.736. The summed E-state index contributed by atoms with van der Waals surface area (Å²) in [7, 11) is 0. The minimum absolute atomic E-state index is 0.0685. The maximum absolute atomic E-state index is 10.3. The molecule has 2 N–H and O–H groups in total. The lowest BCUT2D eigenvalue weighted by Crippen LogP contribution is -2.67. The van der Waals surface area contributed by atoms with Gasteiger partial charge in [0.2, 0.25) is 0 Å². The predicted molar refractivity (Wildman–Crippen MR) is 124 cm³/mol. The van der Waals surface area contributed by atoms with Crippen LogP contribution in [0.5, 0.6) is 5.75 Å². The second kappa shape index (κ2) is 15.1. The molecule has 0 saturated carbocycles. The Morgan fingerprint density at radius 3 is 2.40 bits per heavy atom. The summed E-state index contributed by atoms with van der Waals surface area (Å²) >= 11 is 0. The second-order valence-corrected chi connectivity index (χ2v) is 8.54. The first-order chi connectivity index (χ1) is 14.7. The van der Waals surface area contributed by atoms with Crippen LogP contribution < -0.4 is 9.73 Å². The summed E-state index contributed by atoms with van der Waals surface area (Å²) < 4.78 is 11.6. The Kier molecular flexibility index (Phi) is 12.4. The van der Waals surface area contributed by atoms with E-state index >= 15 is 0 Å². The molecule has 1 aromatic carbocycles. The smallest absolute Gasteiger partial charge is 0.487 e. The number of ether oxygens (including phenoxy) is 2. The van der Waals surface area contributed by atoms with Crippen LogP contribution in [0.3, 0.4) is 0 Å². The van der Waals surface area contributed by atoms with E-state index in [0.717, 1.165) is 37.5 Å². The van der Waals surface area contributed by atoms with Crippen LogP contribution >= 0.6 is 0 Å². The van der Waals surface area contributed by atoms with Gasteiger partial charge in [0.15, 0.2) is 5.75 Å². The van der Waals surface area contributed by atoms with E-state index in [-0.39, 0.29) is 12.2 Å². The zero-order chi connectivity index (χ0) is 21.4. The van der Waals surface area contributed by atoms with Crippen LogP contribution in [0.15, 0.2) is 24.3 Å². The number of piperidine rings is 1. The zero-order valence-electron chi connectivity index (χ0n) is 19.2. The van der Waals surface area contributed by atoms with Gasteiger partial charge in [-0.3, -0.25) is 4.90 Å². The molecule has 5 heteroatoms. The number of hydrogen-bond acceptors (Lipinski definition) is 3. The number of rotatable bonds is 14. The average molecular weight is 420 g/mol. The molecule has 2 rings (SSSR count). The van der Waals surface area contributed by atoms with E-state index in [9.17, 15) is 5.11 Å². The number of nitrogens with one attached hydrogen (secondary N) is 1. The van der Waals surface area contributed by atoms with E-state index in [0.29, 0.717) is 6.61 Å². The number of aliphatic hydroxyl groups is 1. The van der Waals surface area contributed by atoms with Gasteiger partial charge in [-0.2, -0.15) is 0 Å². The van der Waals surface area contributed by atoms with E-state index in [1.807, 2.05) is 31.2 Å². The van der Waals surface area contributed by atoms with E-state index in [2.05, 4.69) is 16.8 Å². The molecule has 5 nitrogen and oxygen atoms in total. The standard InChI is InChI=1S/C25H42N2O3/c1-3-4-5-6-7-8-9-15-20-29-24-17-12-11-16-23(24)26-25(28)30-22(2)21-27-18-13-10-14-19-27/h11-12,16-17,22H,3-10,13-15,18-21H2,1-2H3,(H,26,28)/p+1/t22-/m0/s1. The van der Waals surface area contributed by atoms with Crippen molar-refractivity contribution in [3.63, 3.8) is 0 Å². The summed E-state index contributed by atoms with van der Waals surface area (Å²) in [4.78, 5) is 5.37. The van der Waals surface area contributed by atoms with E-state index in [1.54, 1.807) is 0 Å². The third-order valence-corrected chi connectivity index (χ3v) is 5.66. The molecule has 1 fully saturated rings. The number of benzene rings is 1. The van der Waals surface area contributed by atoms with Crippen molar-refractivity contribution >= 4 is 11.8 Å². The number of hydrogen-bond donors (Lipinski definition) is 2. The van der Waals surface area contributed by atoms with Gasteiger partial charge in [-0.15, -0.1) is 4.99 Å². The third-order valence-electron chi connectivity index (χ3n) is 5.66. The number of nitrogens with zero attached hydrogens (tertiary/aromatic N) is 1. The molecule has 30 heavy (non-hydrogen) atoms. The van der Waals surface area contributed by atoms with E-state index < -0.39 is 0 Å². The Morgan fingerprint density at radius 2 is 1.67 bits per heavy atom. The summed E-state index contributed by atoms with van der Waals surface area (Å²) in [6, 6.07) is 7.70. The van der Waals surface area contributed by atoms with Crippen molar-refractivity contribution < 1.29 is 19.6 Å².